The SMILES string of the molecule is C=C(Br)CNCCCC(C)O. The van der Waals surface area contributed by atoms with Crippen molar-refractivity contribution in [2.24, 2.45) is 0 Å². The summed E-state index contributed by atoms with van der Waals surface area (Å²) in [5, 5.41) is 12.1. The van der Waals surface area contributed by atoms with E-state index in [1.807, 2.05) is 6.92 Å². The number of hydrogen-bond donors (Lipinski definition) is 2. The van der Waals surface area contributed by atoms with Gasteiger partial charge in [0.25, 0.3) is 0 Å². The fourth-order valence-electron chi connectivity index (χ4n) is 0.746. The monoisotopic (exact) mass is 221 g/mol. The van der Waals surface area contributed by atoms with E-state index in [4.69, 9.17) is 5.11 Å². The highest BCUT2D eigenvalue weighted by Crippen LogP contribution is 1.97. The second-order valence-corrected chi connectivity index (χ2v) is 3.81. The minimum atomic E-state index is -0.177. The number of aliphatic hydroxyl groups is 1. The smallest absolute Gasteiger partial charge is 0.0512 e. The highest BCUT2D eigenvalue weighted by molar-refractivity contribution is 9.11. The van der Waals surface area contributed by atoms with E-state index in [1.54, 1.807) is 0 Å². The van der Waals surface area contributed by atoms with Crippen LogP contribution >= 0.6 is 15.9 Å². The van der Waals surface area contributed by atoms with E-state index in [0.717, 1.165) is 30.4 Å². The van der Waals surface area contributed by atoms with E-state index in [-0.39, 0.29) is 6.10 Å². The normalized spacial score (nSPS) is 13.0. The summed E-state index contributed by atoms with van der Waals surface area (Å²) in [4.78, 5) is 0. The van der Waals surface area contributed by atoms with Crippen LogP contribution in [0.15, 0.2) is 11.1 Å². The second-order valence-electron chi connectivity index (χ2n) is 2.69. The Hall–Kier alpha value is 0.140. The molecule has 0 fully saturated rings. The second kappa shape index (κ2) is 6.83. The van der Waals surface area contributed by atoms with Gasteiger partial charge in [0, 0.05) is 11.0 Å². The first kappa shape index (κ1) is 11.1. The highest BCUT2D eigenvalue weighted by Gasteiger charge is 1.94. The van der Waals surface area contributed by atoms with Crippen LogP contribution in [0.5, 0.6) is 0 Å². The van der Waals surface area contributed by atoms with Gasteiger partial charge in [0.05, 0.1) is 6.10 Å². The molecule has 0 aromatic carbocycles. The standard InChI is InChI=1S/C8H16BrNO/c1-7(9)6-10-5-3-4-8(2)11/h8,10-11H,1,3-6H2,2H3. The molecule has 0 aromatic rings. The minimum absolute atomic E-state index is 0.177. The fourth-order valence-corrected chi connectivity index (χ4v) is 0.945. The van der Waals surface area contributed by atoms with Crippen molar-refractivity contribution < 1.29 is 5.11 Å². The maximum Gasteiger partial charge on any atom is 0.0512 e. The summed E-state index contributed by atoms with van der Waals surface area (Å²) >= 11 is 3.25. The number of halogens is 1. The Morgan fingerprint density at radius 3 is 2.82 bits per heavy atom. The van der Waals surface area contributed by atoms with E-state index in [0.29, 0.717) is 0 Å². The molecule has 1 atom stereocenters. The predicted molar refractivity (Wildman–Crippen MR) is 51.9 cm³/mol. The van der Waals surface area contributed by atoms with Crippen LogP contribution in [0.25, 0.3) is 0 Å². The minimum Gasteiger partial charge on any atom is -0.393 e. The maximum absolute atomic E-state index is 8.91. The van der Waals surface area contributed by atoms with Crippen molar-refractivity contribution in [2.45, 2.75) is 25.9 Å². The van der Waals surface area contributed by atoms with Crippen LogP contribution in [0.2, 0.25) is 0 Å². The van der Waals surface area contributed by atoms with Crippen LogP contribution in [0, 0.1) is 0 Å². The molecule has 0 heterocycles. The number of rotatable bonds is 6. The molecule has 0 aliphatic heterocycles. The van der Waals surface area contributed by atoms with E-state index in [1.165, 1.54) is 0 Å². The molecule has 3 heteroatoms. The van der Waals surface area contributed by atoms with Crippen molar-refractivity contribution in [3.8, 4) is 0 Å². The molecule has 0 saturated carbocycles. The van der Waals surface area contributed by atoms with Gasteiger partial charge < -0.3 is 10.4 Å². The van der Waals surface area contributed by atoms with Gasteiger partial charge in [-0.1, -0.05) is 22.5 Å². The third-order valence-electron chi connectivity index (χ3n) is 1.29. The van der Waals surface area contributed by atoms with Gasteiger partial charge in [-0.25, -0.2) is 0 Å². The molecule has 0 aliphatic carbocycles. The highest BCUT2D eigenvalue weighted by atomic mass is 79.9. The van der Waals surface area contributed by atoms with Crippen molar-refractivity contribution in [3.05, 3.63) is 11.1 Å². The molecular weight excluding hydrogens is 206 g/mol. The first-order chi connectivity index (χ1) is 5.13. The molecule has 2 nitrogen and oxygen atoms in total. The lowest BCUT2D eigenvalue weighted by Crippen LogP contribution is -2.17. The summed E-state index contributed by atoms with van der Waals surface area (Å²) in [7, 11) is 0. The third-order valence-corrected chi connectivity index (χ3v) is 1.57. The van der Waals surface area contributed by atoms with Crippen LogP contribution in [-0.2, 0) is 0 Å². The maximum atomic E-state index is 8.91. The summed E-state index contributed by atoms with van der Waals surface area (Å²) in [6.07, 6.45) is 1.70. The molecule has 0 radical (unpaired) electrons. The predicted octanol–water partition coefficient (Wildman–Crippen LogP) is 1.65. The number of nitrogens with one attached hydrogen (secondary N) is 1. The van der Waals surface area contributed by atoms with Gasteiger partial charge in [-0.05, 0) is 26.3 Å². The Kier molecular flexibility index (Phi) is 6.91. The van der Waals surface area contributed by atoms with E-state index >= 15 is 0 Å². The van der Waals surface area contributed by atoms with Crippen LogP contribution in [0.4, 0.5) is 0 Å². The summed E-state index contributed by atoms with van der Waals surface area (Å²) in [6.45, 7) is 7.25. The van der Waals surface area contributed by atoms with Gasteiger partial charge in [-0.2, -0.15) is 0 Å². The first-order valence-corrected chi connectivity index (χ1v) is 4.64. The Morgan fingerprint density at radius 2 is 2.36 bits per heavy atom. The molecule has 0 spiro atoms. The zero-order chi connectivity index (χ0) is 8.69. The van der Waals surface area contributed by atoms with E-state index in [9.17, 15) is 0 Å². The summed E-state index contributed by atoms with van der Waals surface area (Å²) in [5.74, 6) is 0. The van der Waals surface area contributed by atoms with Gasteiger partial charge in [-0.3, -0.25) is 0 Å². The summed E-state index contributed by atoms with van der Waals surface area (Å²) in [6, 6.07) is 0. The average Bonchev–Trinajstić information content (AvgIpc) is 1.85. The molecular formula is C8H16BrNO. The fraction of sp³-hybridized carbons (Fsp3) is 0.750. The zero-order valence-electron chi connectivity index (χ0n) is 6.94. The molecule has 0 saturated heterocycles. The van der Waals surface area contributed by atoms with Crippen molar-refractivity contribution in [1.29, 1.82) is 0 Å². The zero-order valence-corrected chi connectivity index (χ0v) is 8.52. The van der Waals surface area contributed by atoms with Gasteiger partial charge in [0.1, 0.15) is 0 Å². The third kappa shape index (κ3) is 10.1. The van der Waals surface area contributed by atoms with Gasteiger partial charge in [0.15, 0.2) is 0 Å². The topological polar surface area (TPSA) is 32.3 Å². The van der Waals surface area contributed by atoms with Crippen molar-refractivity contribution in [1.82, 2.24) is 5.32 Å². The number of hydrogen-bond acceptors (Lipinski definition) is 2. The average molecular weight is 222 g/mol. The van der Waals surface area contributed by atoms with Crippen LogP contribution in [0.3, 0.4) is 0 Å². The number of aliphatic hydroxyl groups excluding tert-OH is 1. The molecule has 11 heavy (non-hydrogen) atoms. The summed E-state index contributed by atoms with van der Waals surface area (Å²) < 4.78 is 0.967. The van der Waals surface area contributed by atoms with Gasteiger partial charge >= 0.3 is 0 Å². The molecule has 0 aromatic heterocycles. The molecule has 66 valence electrons. The lowest BCUT2D eigenvalue weighted by molar-refractivity contribution is 0.181. The Labute approximate surface area is 76.8 Å². The largest absolute Gasteiger partial charge is 0.393 e. The Bertz CT molecular complexity index is 115. The first-order valence-electron chi connectivity index (χ1n) is 3.85. The summed E-state index contributed by atoms with van der Waals surface area (Å²) in [5.41, 5.74) is 0. The van der Waals surface area contributed by atoms with Crippen molar-refractivity contribution in [3.63, 3.8) is 0 Å². The molecule has 2 N–H and O–H groups in total. The van der Waals surface area contributed by atoms with Crippen molar-refractivity contribution >= 4 is 15.9 Å². The van der Waals surface area contributed by atoms with E-state index < -0.39 is 0 Å². The Morgan fingerprint density at radius 1 is 1.73 bits per heavy atom. The van der Waals surface area contributed by atoms with Crippen molar-refractivity contribution in [2.75, 3.05) is 13.1 Å². The molecule has 0 amide bonds. The molecule has 0 bridgehead atoms. The van der Waals surface area contributed by atoms with Gasteiger partial charge in [0.2, 0.25) is 0 Å². The quantitative estimate of drug-likeness (QED) is 0.669. The van der Waals surface area contributed by atoms with Crippen LogP contribution in [-0.4, -0.2) is 24.3 Å². The lowest BCUT2D eigenvalue weighted by Gasteiger charge is -2.04. The van der Waals surface area contributed by atoms with Crippen LogP contribution in [0.1, 0.15) is 19.8 Å². The lowest BCUT2D eigenvalue weighted by atomic mass is 10.2. The Balaban J connectivity index is 2.97. The van der Waals surface area contributed by atoms with Gasteiger partial charge in [-0.15, -0.1) is 0 Å². The molecule has 0 aliphatic rings. The molecule has 1 unspecified atom stereocenters. The van der Waals surface area contributed by atoms with Crippen LogP contribution < -0.4 is 5.32 Å². The van der Waals surface area contributed by atoms with E-state index in [2.05, 4.69) is 27.8 Å². The molecule has 0 rings (SSSR count).